The highest BCUT2D eigenvalue weighted by Crippen LogP contribution is 2.28. The van der Waals surface area contributed by atoms with E-state index in [4.69, 9.17) is 0 Å². The van der Waals surface area contributed by atoms with Crippen molar-refractivity contribution in [2.24, 2.45) is 0 Å². The Morgan fingerprint density at radius 2 is 1.50 bits per heavy atom. The second-order valence-corrected chi connectivity index (χ2v) is 5.63. The van der Waals surface area contributed by atoms with Gasteiger partial charge in [-0.3, -0.25) is 9.36 Å². The number of phenols is 1. The molecule has 1 aromatic heterocycles. The second-order valence-electron chi connectivity index (χ2n) is 5.63. The van der Waals surface area contributed by atoms with Crippen LogP contribution in [0.3, 0.4) is 0 Å². The molecule has 0 radical (unpaired) electrons. The number of fused-ring (bicyclic) bond motifs is 1. The van der Waals surface area contributed by atoms with Crippen molar-refractivity contribution in [2.45, 2.75) is 0 Å². The van der Waals surface area contributed by atoms with Crippen molar-refractivity contribution in [2.75, 3.05) is 0 Å². The Bertz CT molecular complexity index is 1080. The molecule has 3 heteroatoms. The lowest BCUT2D eigenvalue weighted by Gasteiger charge is -2.14. The minimum absolute atomic E-state index is 0.127. The minimum atomic E-state index is -0.127. The van der Waals surface area contributed by atoms with Gasteiger partial charge in [0.2, 0.25) is 0 Å². The van der Waals surface area contributed by atoms with Crippen LogP contribution in [0.1, 0.15) is 0 Å². The highest BCUT2D eigenvalue weighted by atomic mass is 16.3. The lowest BCUT2D eigenvalue weighted by atomic mass is 10.0. The van der Waals surface area contributed by atoms with Gasteiger partial charge >= 0.3 is 0 Å². The van der Waals surface area contributed by atoms with Gasteiger partial charge in [-0.05, 0) is 29.3 Å². The summed E-state index contributed by atoms with van der Waals surface area (Å²) in [6.45, 7) is 0. The Labute approximate surface area is 139 Å². The van der Waals surface area contributed by atoms with E-state index in [0.717, 1.165) is 22.0 Å². The Kier molecular flexibility index (Phi) is 3.39. The van der Waals surface area contributed by atoms with Gasteiger partial charge in [0.05, 0.1) is 11.2 Å². The van der Waals surface area contributed by atoms with E-state index in [1.165, 1.54) is 0 Å². The van der Waals surface area contributed by atoms with Crippen LogP contribution in [-0.2, 0) is 0 Å². The maximum atomic E-state index is 12.8. The highest BCUT2D eigenvalue weighted by Gasteiger charge is 2.11. The number of phenolic OH excluding ortho intramolecular Hbond substituents is 1. The molecule has 116 valence electrons. The smallest absolute Gasteiger partial charge is 0.256 e. The molecule has 0 unspecified atom stereocenters. The van der Waals surface area contributed by atoms with Gasteiger partial charge in [0.15, 0.2) is 0 Å². The summed E-state index contributed by atoms with van der Waals surface area (Å²) < 4.78 is 1.63. The van der Waals surface area contributed by atoms with Crippen molar-refractivity contribution in [1.29, 1.82) is 0 Å². The molecule has 0 spiro atoms. The molecule has 4 aromatic rings. The zero-order valence-corrected chi connectivity index (χ0v) is 12.9. The van der Waals surface area contributed by atoms with Gasteiger partial charge in [0.1, 0.15) is 5.75 Å². The van der Waals surface area contributed by atoms with Crippen molar-refractivity contribution in [3.63, 3.8) is 0 Å². The zero-order valence-electron chi connectivity index (χ0n) is 12.9. The van der Waals surface area contributed by atoms with E-state index in [9.17, 15) is 9.90 Å². The number of para-hydroxylation sites is 1. The van der Waals surface area contributed by atoms with E-state index in [1.807, 2.05) is 60.7 Å². The summed E-state index contributed by atoms with van der Waals surface area (Å²) in [5, 5.41) is 10.7. The Balaban J connectivity index is 2.08. The number of aromatic hydroxyl groups is 1. The molecule has 3 nitrogen and oxygen atoms in total. The van der Waals surface area contributed by atoms with Crippen LogP contribution in [0.4, 0.5) is 0 Å². The van der Waals surface area contributed by atoms with Gasteiger partial charge in [-0.2, -0.15) is 0 Å². The quantitative estimate of drug-likeness (QED) is 0.597. The maximum absolute atomic E-state index is 12.8. The van der Waals surface area contributed by atoms with Gasteiger partial charge < -0.3 is 5.11 Å². The van der Waals surface area contributed by atoms with Gasteiger partial charge in [-0.1, -0.05) is 54.6 Å². The largest absolute Gasteiger partial charge is 0.508 e. The maximum Gasteiger partial charge on any atom is 0.256 e. The SMILES string of the molecule is O=c1cc(-c2ccccc2)c2ccccc2n1-c1cccc(O)c1. The van der Waals surface area contributed by atoms with Crippen molar-refractivity contribution in [3.8, 4) is 22.6 Å². The summed E-state index contributed by atoms with van der Waals surface area (Å²) in [5.74, 6) is 0.135. The predicted molar refractivity (Wildman–Crippen MR) is 96.6 cm³/mol. The Morgan fingerprint density at radius 1 is 0.750 bits per heavy atom. The molecule has 0 saturated heterocycles. The highest BCUT2D eigenvalue weighted by molar-refractivity contribution is 5.95. The summed E-state index contributed by atoms with van der Waals surface area (Å²) in [5.41, 5.74) is 3.25. The molecule has 3 aromatic carbocycles. The molecule has 1 heterocycles. The topological polar surface area (TPSA) is 42.2 Å². The van der Waals surface area contributed by atoms with E-state index in [-0.39, 0.29) is 11.3 Å². The van der Waals surface area contributed by atoms with Gasteiger partial charge in [0, 0.05) is 17.5 Å². The minimum Gasteiger partial charge on any atom is -0.508 e. The van der Waals surface area contributed by atoms with Gasteiger partial charge in [-0.15, -0.1) is 0 Å². The monoisotopic (exact) mass is 313 g/mol. The normalized spacial score (nSPS) is 10.8. The van der Waals surface area contributed by atoms with Crippen LogP contribution in [0.25, 0.3) is 27.7 Å². The number of benzene rings is 3. The fourth-order valence-corrected chi connectivity index (χ4v) is 3.04. The molecule has 24 heavy (non-hydrogen) atoms. The molecule has 0 atom stereocenters. The molecular formula is C21H15NO2. The fourth-order valence-electron chi connectivity index (χ4n) is 3.04. The molecule has 0 fully saturated rings. The molecule has 0 amide bonds. The second kappa shape index (κ2) is 5.70. The number of rotatable bonds is 2. The van der Waals surface area contributed by atoms with Crippen LogP contribution >= 0.6 is 0 Å². The van der Waals surface area contributed by atoms with E-state index in [2.05, 4.69) is 0 Å². The van der Waals surface area contributed by atoms with Crippen molar-refractivity contribution in [1.82, 2.24) is 4.57 Å². The first-order valence-corrected chi connectivity index (χ1v) is 7.74. The molecular weight excluding hydrogens is 298 g/mol. The van der Waals surface area contributed by atoms with E-state index in [1.54, 1.807) is 28.8 Å². The third-order valence-electron chi connectivity index (χ3n) is 4.10. The lowest BCUT2D eigenvalue weighted by Crippen LogP contribution is -2.18. The average molecular weight is 313 g/mol. The van der Waals surface area contributed by atoms with Crippen LogP contribution in [0.2, 0.25) is 0 Å². The molecule has 4 rings (SSSR count). The zero-order chi connectivity index (χ0) is 16.5. The van der Waals surface area contributed by atoms with Gasteiger partial charge in [0.25, 0.3) is 5.56 Å². The number of hydrogen-bond acceptors (Lipinski definition) is 2. The van der Waals surface area contributed by atoms with Gasteiger partial charge in [-0.25, -0.2) is 0 Å². The molecule has 0 aliphatic rings. The third kappa shape index (κ3) is 2.36. The van der Waals surface area contributed by atoms with E-state index in [0.29, 0.717) is 5.69 Å². The average Bonchev–Trinajstić information content (AvgIpc) is 2.62. The fraction of sp³-hybridized carbons (Fsp3) is 0. The van der Waals surface area contributed by atoms with Crippen LogP contribution < -0.4 is 5.56 Å². The summed E-state index contributed by atoms with van der Waals surface area (Å²) >= 11 is 0. The molecule has 0 aliphatic carbocycles. The first-order valence-electron chi connectivity index (χ1n) is 7.74. The Hall–Kier alpha value is -3.33. The number of hydrogen-bond donors (Lipinski definition) is 1. The summed E-state index contributed by atoms with van der Waals surface area (Å²) in [4.78, 5) is 12.8. The Morgan fingerprint density at radius 3 is 2.29 bits per heavy atom. The van der Waals surface area contributed by atoms with Crippen LogP contribution in [-0.4, -0.2) is 9.67 Å². The third-order valence-corrected chi connectivity index (χ3v) is 4.10. The van der Waals surface area contributed by atoms with E-state index < -0.39 is 0 Å². The van der Waals surface area contributed by atoms with Crippen LogP contribution in [0.5, 0.6) is 5.75 Å². The number of aromatic nitrogens is 1. The first kappa shape index (κ1) is 14.3. The standard InChI is InChI=1S/C21H15NO2/c23-17-10-6-9-16(13-17)22-20-12-5-4-11-18(20)19(14-21(22)24)15-7-2-1-3-8-15/h1-14,23H. The molecule has 0 aliphatic heterocycles. The van der Waals surface area contributed by atoms with E-state index >= 15 is 0 Å². The van der Waals surface area contributed by atoms with Crippen LogP contribution in [0.15, 0.2) is 89.7 Å². The summed E-state index contributed by atoms with van der Waals surface area (Å²) in [6.07, 6.45) is 0. The number of pyridine rings is 1. The van der Waals surface area contributed by atoms with Crippen LogP contribution in [0, 0.1) is 0 Å². The molecule has 0 saturated carbocycles. The summed E-state index contributed by atoms with van der Waals surface area (Å²) in [7, 11) is 0. The molecule has 0 bridgehead atoms. The first-order chi connectivity index (χ1) is 11.7. The predicted octanol–water partition coefficient (Wildman–Crippen LogP) is 4.36. The van der Waals surface area contributed by atoms with Crippen molar-refractivity contribution in [3.05, 3.63) is 95.3 Å². The summed E-state index contributed by atoms with van der Waals surface area (Å²) in [6, 6.07) is 26.1. The molecule has 1 N–H and O–H groups in total. The number of nitrogens with zero attached hydrogens (tertiary/aromatic N) is 1. The van der Waals surface area contributed by atoms with Crippen molar-refractivity contribution >= 4 is 10.9 Å². The lowest BCUT2D eigenvalue weighted by molar-refractivity contribution is 0.475. The van der Waals surface area contributed by atoms with Crippen molar-refractivity contribution < 1.29 is 5.11 Å².